The molecule has 150 valence electrons. The molecule has 0 radical (unpaired) electrons. The summed E-state index contributed by atoms with van der Waals surface area (Å²) in [5.74, 6) is 0.0808. The third-order valence-corrected chi connectivity index (χ3v) is 6.42. The second-order valence-corrected chi connectivity index (χ2v) is 8.67. The van der Waals surface area contributed by atoms with Gasteiger partial charge in [0.2, 0.25) is 15.9 Å². The molecule has 0 saturated carbocycles. The average Bonchev–Trinajstić information content (AvgIpc) is 3.40. The number of aromatic nitrogens is 2. The molecule has 0 spiro atoms. The standard InChI is InChI=1S/C21H22N4O3S/c26-21-3-1-15-24(21)18-8-10-20(11-9-18)29(27,28)23-14-12-17-4-6-19(7-5-17)25-16-2-13-22-25/h2,4-11,13,16,23H,1,3,12,14-15H2. The molecule has 1 fully saturated rings. The van der Waals surface area contributed by atoms with Crippen LogP contribution in [0.5, 0.6) is 0 Å². The van der Waals surface area contributed by atoms with Gasteiger partial charge in [-0.05, 0) is 60.9 Å². The smallest absolute Gasteiger partial charge is 0.240 e. The molecule has 1 amide bonds. The second-order valence-electron chi connectivity index (χ2n) is 6.91. The molecule has 1 aliphatic rings. The number of hydrogen-bond donors (Lipinski definition) is 1. The van der Waals surface area contributed by atoms with Crippen LogP contribution in [-0.2, 0) is 21.2 Å². The van der Waals surface area contributed by atoms with Gasteiger partial charge < -0.3 is 4.90 Å². The molecular weight excluding hydrogens is 388 g/mol. The summed E-state index contributed by atoms with van der Waals surface area (Å²) >= 11 is 0. The minimum atomic E-state index is -3.60. The van der Waals surface area contributed by atoms with E-state index in [-0.39, 0.29) is 10.8 Å². The van der Waals surface area contributed by atoms with Gasteiger partial charge in [-0.3, -0.25) is 4.79 Å². The zero-order valence-corrected chi connectivity index (χ0v) is 16.7. The largest absolute Gasteiger partial charge is 0.312 e. The number of carbonyl (C=O) groups is 1. The highest BCUT2D eigenvalue weighted by Crippen LogP contribution is 2.23. The topological polar surface area (TPSA) is 84.3 Å². The lowest BCUT2D eigenvalue weighted by atomic mass is 10.1. The van der Waals surface area contributed by atoms with Crippen LogP contribution < -0.4 is 9.62 Å². The van der Waals surface area contributed by atoms with Gasteiger partial charge in [-0.2, -0.15) is 5.10 Å². The number of nitrogens with zero attached hydrogens (tertiary/aromatic N) is 3. The molecule has 1 aliphatic heterocycles. The summed E-state index contributed by atoms with van der Waals surface area (Å²) in [5, 5.41) is 4.18. The number of carbonyl (C=O) groups excluding carboxylic acids is 1. The Morgan fingerprint density at radius 3 is 2.34 bits per heavy atom. The molecular formula is C21H22N4O3S. The predicted molar refractivity (Wildman–Crippen MR) is 110 cm³/mol. The van der Waals surface area contributed by atoms with Gasteiger partial charge in [0, 0.05) is 37.6 Å². The molecule has 2 heterocycles. The number of anilines is 1. The van der Waals surface area contributed by atoms with Gasteiger partial charge in [0.05, 0.1) is 10.6 Å². The molecule has 1 saturated heterocycles. The zero-order chi connectivity index (χ0) is 20.3. The number of hydrogen-bond acceptors (Lipinski definition) is 4. The third-order valence-electron chi connectivity index (χ3n) is 4.94. The minimum Gasteiger partial charge on any atom is -0.312 e. The van der Waals surface area contributed by atoms with Crippen molar-refractivity contribution in [2.24, 2.45) is 0 Å². The van der Waals surface area contributed by atoms with Crippen molar-refractivity contribution in [1.29, 1.82) is 0 Å². The summed E-state index contributed by atoms with van der Waals surface area (Å²) < 4.78 is 29.5. The maximum absolute atomic E-state index is 12.5. The van der Waals surface area contributed by atoms with E-state index >= 15 is 0 Å². The van der Waals surface area contributed by atoms with Crippen molar-refractivity contribution < 1.29 is 13.2 Å². The van der Waals surface area contributed by atoms with Crippen molar-refractivity contribution in [3.63, 3.8) is 0 Å². The highest BCUT2D eigenvalue weighted by Gasteiger charge is 2.22. The molecule has 0 atom stereocenters. The van der Waals surface area contributed by atoms with Gasteiger partial charge >= 0.3 is 0 Å². The lowest BCUT2D eigenvalue weighted by molar-refractivity contribution is -0.117. The van der Waals surface area contributed by atoms with Crippen molar-refractivity contribution in [1.82, 2.24) is 14.5 Å². The lowest BCUT2D eigenvalue weighted by Crippen LogP contribution is -2.26. The minimum absolute atomic E-state index is 0.0808. The predicted octanol–water partition coefficient (Wildman–Crippen LogP) is 2.52. The normalized spacial score (nSPS) is 14.5. The van der Waals surface area contributed by atoms with E-state index in [1.54, 1.807) is 40.0 Å². The first-order valence-corrected chi connectivity index (χ1v) is 11.0. The molecule has 7 nitrogen and oxygen atoms in total. The van der Waals surface area contributed by atoms with Crippen molar-refractivity contribution in [3.05, 3.63) is 72.6 Å². The Morgan fingerprint density at radius 2 is 1.72 bits per heavy atom. The van der Waals surface area contributed by atoms with Gasteiger partial charge in [0.1, 0.15) is 0 Å². The molecule has 2 aromatic carbocycles. The Balaban J connectivity index is 1.34. The number of benzene rings is 2. The summed E-state index contributed by atoms with van der Waals surface area (Å²) in [4.78, 5) is 13.7. The molecule has 0 unspecified atom stereocenters. The Labute approximate surface area is 170 Å². The van der Waals surface area contributed by atoms with Crippen LogP contribution in [0.2, 0.25) is 0 Å². The SMILES string of the molecule is O=C1CCCN1c1ccc(S(=O)(=O)NCCc2ccc(-n3cccn3)cc2)cc1. The van der Waals surface area contributed by atoms with E-state index < -0.39 is 10.0 Å². The first kappa shape index (κ1) is 19.4. The molecule has 29 heavy (non-hydrogen) atoms. The maximum Gasteiger partial charge on any atom is 0.240 e. The van der Waals surface area contributed by atoms with Crippen LogP contribution in [0.4, 0.5) is 5.69 Å². The number of amides is 1. The van der Waals surface area contributed by atoms with Crippen molar-refractivity contribution in [2.75, 3.05) is 18.0 Å². The van der Waals surface area contributed by atoms with Crippen molar-refractivity contribution in [2.45, 2.75) is 24.2 Å². The molecule has 0 aliphatic carbocycles. The highest BCUT2D eigenvalue weighted by molar-refractivity contribution is 7.89. The van der Waals surface area contributed by atoms with E-state index in [0.717, 1.165) is 23.4 Å². The first-order valence-electron chi connectivity index (χ1n) is 9.52. The Hall–Kier alpha value is -2.97. The van der Waals surface area contributed by atoms with Gasteiger partial charge in [-0.1, -0.05) is 12.1 Å². The van der Waals surface area contributed by atoms with E-state index in [9.17, 15) is 13.2 Å². The number of sulfonamides is 1. The van der Waals surface area contributed by atoms with Crippen LogP contribution in [-0.4, -0.2) is 37.2 Å². The van der Waals surface area contributed by atoms with E-state index in [2.05, 4.69) is 9.82 Å². The third kappa shape index (κ3) is 4.38. The van der Waals surface area contributed by atoms with Crippen LogP contribution in [0.25, 0.3) is 5.69 Å². The Morgan fingerprint density at radius 1 is 1.00 bits per heavy atom. The average molecular weight is 410 g/mol. The van der Waals surface area contributed by atoms with Gasteiger partial charge in [0.15, 0.2) is 0 Å². The quantitative estimate of drug-likeness (QED) is 0.649. The number of rotatable bonds is 7. The van der Waals surface area contributed by atoms with Gasteiger partial charge in [-0.25, -0.2) is 17.8 Å². The fraction of sp³-hybridized carbons (Fsp3) is 0.238. The van der Waals surface area contributed by atoms with E-state index in [0.29, 0.717) is 25.9 Å². The molecule has 1 aromatic heterocycles. The van der Waals surface area contributed by atoms with Crippen molar-refractivity contribution in [3.8, 4) is 5.69 Å². The Bertz CT molecular complexity index is 1080. The summed E-state index contributed by atoms with van der Waals surface area (Å²) in [6, 6.07) is 16.2. The molecule has 8 heteroatoms. The van der Waals surface area contributed by atoms with Crippen LogP contribution >= 0.6 is 0 Å². The van der Waals surface area contributed by atoms with Crippen LogP contribution in [0.1, 0.15) is 18.4 Å². The molecule has 1 N–H and O–H groups in total. The van der Waals surface area contributed by atoms with E-state index in [4.69, 9.17) is 0 Å². The maximum atomic E-state index is 12.5. The molecule has 0 bridgehead atoms. The molecule has 3 aromatic rings. The number of nitrogens with one attached hydrogen (secondary N) is 1. The fourth-order valence-electron chi connectivity index (χ4n) is 3.38. The lowest BCUT2D eigenvalue weighted by Gasteiger charge is -2.16. The van der Waals surface area contributed by atoms with Crippen LogP contribution in [0.15, 0.2) is 71.9 Å². The summed E-state index contributed by atoms with van der Waals surface area (Å²) in [6.07, 6.45) is 5.55. The summed E-state index contributed by atoms with van der Waals surface area (Å²) in [7, 11) is -3.60. The van der Waals surface area contributed by atoms with E-state index in [1.807, 2.05) is 36.5 Å². The van der Waals surface area contributed by atoms with Crippen LogP contribution in [0.3, 0.4) is 0 Å². The van der Waals surface area contributed by atoms with E-state index in [1.165, 1.54) is 0 Å². The van der Waals surface area contributed by atoms with Crippen molar-refractivity contribution >= 4 is 21.6 Å². The monoisotopic (exact) mass is 410 g/mol. The second kappa shape index (κ2) is 8.18. The fourth-order valence-corrected chi connectivity index (χ4v) is 4.41. The first-order chi connectivity index (χ1) is 14.0. The van der Waals surface area contributed by atoms with Crippen LogP contribution in [0, 0.1) is 0 Å². The highest BCUT2D eigenvalue weighted by atomic mass is 32.2. The van der Waals surface area contributed by atoms with Gasteiger partial charge in [0.25, 0.3) is 0 Å². The summed E-state index contributed by atoms with van der Waals surface area (Å²) in [5.41, 5.74) is 2.73. The van der Waals surface area contributed by atoms with Gasteiger partial charge in [-0.15, -0.1) is 0 Å². The summed E-state index contributed by atoms with van der Waals surface area (Å²) in [6.45, 7) is 0.984. The zero-order valence-electron chi connectivity index (χ0n) is 15.9. The Kier molecular flexibility index (Phi) is 5.46. The molecule has 4 rings (SSSR count).